The zero-order valence-electron chi connectivity index (χ0n) is 12.0. The average Bonchev–Trinajstić information content (AvgIpc) is 2.34. The number of rotatable bonds is 14. The van der Waals surface area contributed by atoms with E-state index < -0.39 is 0 Å². The third-order valence-corrected chi connectivity index (χ3v) is 2.24. The topological polar surface area (TPSA) is 39.7 Å². The van der Waals surface area contributed by atoms with Crippen LogP contribution in [0.3, 0.4) is 0 Å². The molecule has 0 saturated heterocycles. The predicted octanol–water partition coefficient (Wildman–Crippen LogP) is 2.00. The molecule has 0 radical (unpaired) electrons. The molecule has 0 aromatic rings. The van der Waals surface area contributed by atoms with E-state index in [9.17, 15) is 0 Å². The Bertz CT molecular complexity index is 186. The lowest BCUT2D eigenvalue weighted by Crippen LogP contribution is -2.24. The second-order valence-corrected chi connectivity index (χ2v) is 4.29. The summed E-state index contributed by atoms with van der Waals surface area (Å²) in [6.45, 7) is 14.1. The summed E-state index contributed by atoms with van der Waals surface area (Å²) in [5.41, 5.74) is 1.17. The van der Waals surface area contributed by atoms with E-state index in [1.54, 1.807) is 0 Å². The largest absolute Gasteiger partial charge is 0.380 e. The van der Waals surface area contributed by atoms with Crippen molar-refractivity contribution in [3.05, 3.63) is 12.2 Å². The summed E-state index contributed by atoms with van der Waals surface area (Å²) in [5, 5.41) is 3.26. The maximum absolute atomic E-state index is 5.43. The van der Waals surface area contributed by atoms with Gasteiger partial charge in [-0.3, -0.25) is 0 Å². The Balaban J connectivity index is 2.92. The summed E-state index contributed by atoms with van der Waals surface area (Å²) in [6, 6.07) is 0. The molecule has 0 heterocycles. The van der Waals surface area contributed by atoms with Gasteiger partial charge < -0.3 is 19.5 Å². The summed E-state index contributed by atoms with van der Waals surface area (Å²) in [7, 11) is 0. The summed E-state index contributed by atoms with van der Waals surface area (Å²) >= 11 is 0. The van der Waals surface area contributed by atoms with Gasteiger partial charge in [0.15, 0.2) is 0 Å². The van der Waals surface area contributed by atoms with Crippen molar-refractivity contribution in [2.24, 2.45) is 0 Å². The van der Waals surface area contributed by atoms with E-state index in [1.165, 1.54) is 5.57 Å². The summed E-state index contributed by atoms with van der Waals surface area (Å²) in [6.07, 6.45) is 2.01. The standard InChI is InChI=1S/C14H29NO3/c1-4-8-16-12-13-18-11-7-15-6-10-17-9-5-14(2)3/h15H,2,4-13H2,1,3H3. The number of ether oxygens (including phenoxy) is 3. The fourth-order valence-corrected chi connectivity index (χ4v) is 1.23. The minimum Gasteiger partial charge on any atom is -0.380 e. The molecule has 0 aliphatic heterocycles. The Hall–Kier alpha value is -0.420. The van der Waals surface area contributed by atoms with E-state index in [2.05, 4.69) is 18.8 Å². The first-order chi connectivity index (χ1) is 8.77. The highest BCUT2D eigenvalue weighted by atomic mass is 16.5. The van der Waals surface area contributed by atoms with Gasteiger partial charge in [0.2, 0.25) is 0 Å². The van der Waals surface area contributed by atoms with Crippen LogP contribution in [0.5, 0.6) is 0 Å². The van der Waals surface area contributed by atoms with Crippen LogP contribution in [0.25, 0.3) is 0 Å². The molecule has 0 fully saturated rings. The molecule has 0 aliphatic carbocycles. The lowest BCUT2D eigenvalue weighted by molar-refractivity contribution is 0.0484. The van der Waals surface area contributed by atoms with E-state index in [0.717, 1.165) is 52.4 Å². The van der Waals surface area contributed by atoms with E-state index in [4.69, 9.17) is 14.2 Å². The highest BCUT2D eigenvalue weighted by Crippen LogP contribution is 1.94. The Morgan fingerprint density at radius 1 is 0.889 bits per heavy atom. The molecule has 0 aromatic heterocycles. The fourth-order valence-electron chi connectivity index (χ4n) is 1.23. The zero-order chi connectivity index (χ0) is 13.5. The van der Waals surface area contributed by atoms with Crippen LogP contribution >= 0.6 is 0 Å². The second-order valence-electron chi connectivity index (χ2n) is 4.29. The minimum atomic E-state index is 0.677. The lowest BCUT2D eigenvalue weighted by atomic mass is 10.3. The zero-order valence-corrected chi connectivity index (χ0v) is 12.0. The Kier molecular flexibility index (Phi) is 14.3. The number of nitrogens with one attached hydrogen (secondary N) is 1. The van der Waals surface area contributed by atoms with Gasteiger partial charge in [0.25, 0.3) is 0 Å². The van der Waals surface area contributed by atoms with Crippen molar-refractivity contribution in [1.82, 2.24) is 5.32 Å². The van der Waals surface area contributed by atoms with Crippen molar-refractivity contribution in [1.29, 1.82) is 0 Å². The number of hydrogen-bond donors (Lipinski definition) is 1. The summed E-state index contributed by atoms with van der Waals surface area (Å²) in [5.74, 6) is 0. The normalized spacial score (nSPS) is 10.8. The number of hydrogen-bond acceptors (Lipinski definition) is 4. The molecule has 4 heteroatoms. The quantitative estimate of drug-likeness (QED) is 0.382. The predicted molar refractivity (Wildman–Crippen MR) is 75.0 cm³/mol. The van der Waals surface area contributed by atoms with Crippen LogP contribution in [-0.4, -0.2) is 52.7 Å². The van der Waals surface area contributed by atoms with Crippen molar-refractivity contribution < 1.29 is 14.2 Å². The molecule has 0 amide bonds. The molecule has 0 unspecified atom stereocenters. The summed E-state index contributed by atoms with van der Waals surface area (Å²) in [4.78, 5) is 0. The van der Waals surface area contributed by atoms with Crippen LogP contribution in [0.1, 0.15) is 26.7 Å². The highest BCUT2D eigenvalue weighted by molar-refractivity contribution is 4.86. The lowest BCUT2D eigenvalue weighted by Gasteiger charge is -2.07. The van der Waals surface area contributed by atoms with Crippen LogP contribution in [0.4, 0.5) is 0 Å². The molecular formula is C14H29NO3. The molecule has 0 atom stereocenters. The van der Waals surface area contributed by atoms with Gasteiger partial charge in [0, 0.05) is 19.7 Å². The van der Waals surface area contributed by atoms with Crippen molar-refractivity contribution in [3.8, 4) is 0 Å². The highest BCUT2D eigenvalue weighted by Gasteiger charge is 1.91. The van der Waals surface area contributed by atoms with Crippen molar-refractivity contribution in [2.45, 2.75) is 26.7 Å². The van der Waals surface area contributed by atoms with Gasteiger partial charge in [0.1, 0.15) is 0 Å². The monoisotopic (exact) mass is 259 g/mol. The van der Waals surface area contributed by atoms with Gasteiger partial charge in [-0.15, -0.1) is 6.58 Å². The first-order valence-electron chi connectivity index (χ1n) is 6.85. The van der Waals surface area contributed by atoms with E-state index in [0.29, 0.717) is 13.2 Å². The average molecular weight is 259 g/mol. The van der Waals surface area contributed by atoms with E-state index >= 15 is 0 Å². The van der Waals surface area contributed by atoms with Crippen LogP contribution < -0.4 is 5.32 Å². The van der Waals surface area contributed by atoms with Crippen LogP contribution in [0.15, 0.2) is 12.2 Å². The SMILES string of the molecule is C=C(C)CCOCCNCCOCCOCCC. The van der Waals surface area contributed by atoms with E-state index in [-0.39, 0.29) is 0 Å². The Labute approximate surface area is 112 Å². The molecule has 1 N–H and O–H groups in total. The first-order valence-corrected chi connectivity index (χ1v) is 6.85. The Morgan fingerprint density at radius 2 is 1.44 bits per heavy atom. The van der Waals surface area contributed by atoms with Crippen molar-refractivity contribution in [3.63, 3.8) is 0 Å². The third-order valence-electron chi connectivity index (χ3n) is 2.24. The summed E-state index contributed by atoms with van der Waals surface area (Å²) < 4.78 is 16.1. The van der Waals surface area contributed by atoms with Gasteiger partial charge in [-0.1, -0.05) is 12.5 Å². The smallest absolute Gasteiger partial charge is 0.0701 e. The minimum absolute atomic E-state index is 0.677. The molecule has 0 spiro atoms. The molecule has 4 nitrogen and oxygen atoms in total. The molecule has 0 aliphatic rings. The van der Waals surface area contributed by atoms with Crippen molar-refractivity contribution >= 4 is 0 Å². The maximum Gasteiger partial charge on any atom is 0.0701 e. The van der Waals surface area contributed by atoms with Crippen LogP contribution in [0.2, 0.25) is 0 Å². The van der Waals surface area contributed by atoms with E-state index in [1.807, 2.05) is 6.92 Å². The molecule has 0 aromatic carbocycles. The van der Waals surface area contributed by atoms with Gasteiger partial charge in [-0.25, -0.2) is 0 Å². The molecule has 108 valence electrons. The molecular weight excluding hydrogens is 230 g/mol. The second kappa shape index (κ2) is 14.6. The molecule has 18 heavy (non-hydrogen) atoms. The fraction of sp³-hybridized carbons (Fsp3) is 0.857. The van der Waals surface area contributed by atoms with Gasteiger partial charge >= 0.3 is 0 Å². The van der Waals surface area contributed by atoms with Crippen LogP contribution in [-0.2, 0) is 14.2 Å². The molecule has 0 rings (SSSR count). The first kappa shape index (κ1) is 17.6. The van der Waals surface area contributed by atoms with Crippen molar-refractivity contribution in [2.75, 3.05) is 52.7 Å². The van der Waals surface area contributed by atoms with Crippen LogP contribution in [0, 0.1) is 0 Å². The molecule has 0 bridgehead atoms. The van der Waals surface area contributed by atoms with Gasteiger partial charge in [-0.2, -0.15) is 0 Å². The van der Waals surface area contributed by atoms with Gasteiger partial charge in [-0.05, 0) is 19.8 Å². The molecule has 0 saturated carbocycles. The maximum atomic E-state index is 5.43. The van der Waals surface area contributed by atoms with Gasteiger partial charge in [0.05, 0.1) is 33.0 Å². The Morgan fingerprint density at radius 3 is 2.00 bits per heavy atom. The third kappa shape index (κ3) is 15.6.